The molecule has 4 aliphatic carbocycles. The van der Waals surface area contributed by atoms with E-state index in [-0.39, 0.29) is 157 Å². The SMILES string of the molecule is Brc1c(C2CC2)n[nH]c1C1CC1.CC(C)C.Cc1noc(C)c1-c1cc(-c2c(C3CC3)n[nH]c2C2CC2)c2[nH]c(=O)[nH]c2c1.Cc1noc(C)c1-c1cc(B2OC(C)(C)C(C)(C)O2)c2[nH]c(=O)[nH]c2c1.O=CO[O-].[Cs+].[Cs+].[H-]. The van der Waals surface area contributed by atoms with Gasteiger partial charge in [-0.2, -0.15) is 10.2 Å². The minimum absolute atomic E-state index is 0. The Morgan fingerprint density at radius 1 is 0.671 bits per heavy atom. The van der Waals surface area contributed by atoms with Gasteiger partial charge in [-0.1, -0.05) is 37.2 Å². The molecule has 23 heteroatoms. The van der Waals surface area contributed by atoms with Gasteiger partial charge in [0.05, 0.1) is 66.2 Å². The first-order chi connectivity index (χ1) is 35.2. The van der Waals surface area contributed by atoms with Crippen LogP contribution in [0.3, 0.4) is 0 Å². The van der Waals surface area contributed by atoms with Crippen molar-refractivity contribution in [1.29, 1.82) is 0 Å². The summed E-state index contributed by atoms with van der Waals surface area (Å²) in [5.41, 5.74) is 15.0. The number of halogens is 1. The molecule has 0 unspecified atom stereocenters. The van der Waals surface area contributed by atoms with Crippen LogP contribution in [-0.2, 0) is 19.0 Å². The molecule has 1 aliphatic heterocycles. The first kappa shape index (κ1) is 61.4. The largest absolute Gasteiger partial charge is 1.00 e. The van der Waals surface area contributed by atoms with Crippen molar-refractivity contribution in [2.75, 3.05) is 0 Å². The number of aromatic nitrogens is 10. The van der Waals surface area contributed by atoms with Gasteiger partial charge in [0.25, 0.3) is 6.47 Å². The molecule has 76 heavy (non-hydrogen) atoms. The van der Waals surface area contributed by atoms with Crippen LogP contribution in [0.1, 0.15) is 171 Å². The molecule has 6 N–H and O–H groups in total. The molecule has 0 amide bonds. The molecule has 0 radical (unpaired) electrons. The predicted octanol–water partition coefficient (Wildman–Crippen LogP) is 3.84. The second kappa shape index (κ2) is 25.3. The molecule has 6 aromatic heterocycles. The number of H-pyrrole nitrogens is 6. The van der Waals surface area contributed by atoms with Gasteiger partial charge in [0.2, 0.25) is 0 Å². The molecule has 5 fully saturated rings. The average molecular weight is 1340 g/mol. The summed E-state index contributed by atoms with van der Waals surface area (Å²) < 4.78 is 24.4. The van der Waals surface area contributed by atoms with Crippen LogP contribution in [0.15, 0.2) is 47.4 Å². The monoisotopic (exact) mass is 1340 g/mol. The van der Waals surface area contributed by atoms with Crippen molar-refractivity contribution in [3.05, 3.63) is 95.4 Å². The van der Waals surface area contributed by atoms with Crippen LogP contribution < -0.4 is 160 Å². The molecule has 394 valence electrons. The Labute approximate surface area is 568 Å². The summed E-state index contributed by atoms with van der Waals surface area (Å²) in [6.07, 6.45) is 10.1. The quantitative estimate of drug-likeness (QED) is 0.0520. The van der Waals surface area contributed by atoms with Gasteiger partial charge >= 0.3 is 156 Å². The summed E-state index contributed by atoms with van der Waals surface area (Å²) >= 11 is 3.64. The fraction of sp³-hybridized carbons (Fsp3) is 0.491. The summed E-state index contributed by atoms with van der Waals surface area (Å²) in [6.45, 7) is 22.0. The molecule has 4 saturated carbocycles. The van der Waals surface area contributed by atoms with Crippen molar-refractivity contribution in [3.8, 4) is 33.4 Å². The van der Waals surface area contributed by atoms with Crippen molar-refractivity contribution < 1.29 is 173 Å². The van der Waals surface area contributed by atoms with Crippen LogP contribution in [0.2, 0.25) is 0 Å². The van der Waals surface area contributed by atoms with Crippen molar-refractivity contribution in [1.82, 2.24) is 50.6 Å². The van der Waals surface area contributed by atoms with Gasteiger partial charge in [0, 0.05) is 57.1 Å². The maximum atomic E-state index is 12.1. The Morgan fingerprint density at radius 2 is 1.09 bits per heavy atom. The second-order valence-corrected chi connectivity index (χ2v) is 22.6. The van der Waals surface area contributed by atoms with Crippen LogP contribution >= 0.6 is 15.9 Å². The summed E-state index contributed by atoms with van der Waals surface area (Å²) in [7, 11) is -0.589. The number of carbonyl (C=O) groups excluding carboxylic acids is 1. The molecular formula is C53H66BBrCs2N10O9. The van der Waals surface area contributed by atoms with Crippen LogP contribution in [0.4, 0.5) is 0 Å². The number of benzene rings is 2. The molecule has 1 saturated heterocycles. The second-order valence-electron chi connectivity index (χ2n) is 21.8. The average Bonchev–Trinajstić information content (AvgIpc) is 4.25. The number of hydrogen-bond donors (Lipinski definition) is 6. The smallest absolute Gasteiger partial charge is 1.00 e. The van der Waals surface area contributed by atoms with Crippen molar-refractivity contribution >= 4 is 57.1 Å². The summed E-state index contributed by atoms with van der Waals surface area (Å²) in [5.74, 6) is 4.92. The van der Waals surface area contributed by atoms with E-state index in [0.29, 0.717) is 22.9 Å². The van der Waals surface area contributed by atoms with Gasteiger partial charge in [0.15, 0.2) is 0 Å². The van der Waals surface area contributed by atoms with Crippen molar-refractivity contribution in [2.24, 2.45) is 5.92 Å². The molecule has 19 nitrogen and oxygen atoms in total. The van der Waals surface area contributed by atoms with E-state index in [0.717, 1.165) is 90.7 Å². The first-order valence-corrected chi connectivity index (χ1v) is 26.3. The number of aryl methyl sites for hydroxylation is 4. The standard InChI is InChI=1S/C21H21N5O2.C18H22BN3O4.C9H11BrN2.C4H10.CH2O3.2Cs.H/c1-9-16(10(2)28-26-9)13-7-14(20-15(8-13)22-21(27)23-20)17-18(11-3-4-11)24-25-19(17)12-5-6-12;1-9-14(10(2)24-22-9)11-7-12(15-13(8-11)20-16(23)21-15)19-25-17(3,4)18(5,6)26-19;10-7-8(5-1-2-5)11-12-9(7)6-3-4-6;1-4(2)3;2-1-4-3;;;/h7-8,11-12H,3-6H2,1-2H3,(H,24,25)(H2,22,23,27);7-8H,1-6H3,(H2,20,21,23);5-6H,1-4H2,(H,11,12);4H,1-3H3;1,3H;;;/q;;;;;2*+1;-1/p-1. The number of hydrogen-bond acceptors (Lipinski definition) is 13. The zero-order valence-corrected chi connectivity index (χ0v) is 60.0. The van der Waals surface area contributed by atoms with Gasteiger partial charge < -0.3 is 49.9 Å². The van der Waals surface area contributed by atoms with E-state index in [2.05, 4.69) is 93.2 Å². The molecule has 7 heterocycles. The maximum absolute atomic E-state index is 12.1. The van der Waals surface area contributed by atoms with E-state index in [1.54, 1.807) is 0 Å². The number of fused-ring (bicyclic) bond motifs is 2. The fourth-order valence-corrected chi connectivity index (χ4v) is 10.2. The van der Waals surface area contributed by atoms with E-state index in [4.69, 9.17) is 33.5 Å². The number of imidazole rings is 2. The van der Waals surface area contributed by atoms with E-state index in [9.17, 15) is 9.59 Å². The molecule has 5 aliphatic rings. The predicted molar refractivity (Wildman–Crippen MR) is 284 cm³/mol. The molecule has 8 aromatic rings. The minimum Gasteiger partial charge on any atom is -1.00 e. The van der Waals surface area contributed by atoms with Gasteiger partial charge in [-0.3, -0.25) is 15.0 Å². The van der Waals surface area contributed by atoms with Gasteiger partial charge in [-0.15, -0.1) is 0 Å². The van der Waals surface area contributed by atoms with Crippen LogP contribution in [0, 0.1) is 33.6 Å². The number of carbonyl (C=O) groups is 1. The Morgan fingerprint density at radius 3 is 1.55 bits per heavy atom. The number of aromatic amines is 6. The van der Waals surface area contributed by atoms with Crippen LogP contribution in [-0.4, -0.2) is 75.4 Å². The maximum Gasteiger partial charge on any atom is 1.00 e. The molecule has 0 atom stereocenters. The summed E-state index contributed by atoms with van der Waals surface area (Å²) in [4.78, 5) is 46.9. The van der Waals surface area contributed by atoms with E-state index in [1.807, 2.05) is 73.6 Å². The third-order valence-electron chi connectivity index (χ3n) is 14.2. The molecule has 13 rings (SSSR count). The Kier molecular flexibility index (Phi) is 20.5. The minimum atomic E-state index is -0.589. The Hall–Kier alpha value is -2.18. The zero-order chi connectivity index (χ0) is 53.0. The zero-order valence-electron chi connectivity index (χ0n) is 46.8. The van der Waals surface area contributed by atoms with Crippen LogP contribution in [0.5, 0.6) is 0 Å². The molecule has 0 spiro atoms. The van der Waals surface area contributed by atoms with Gasteiger partial charge in [-0.25, -0.2) is 9.59 Å². The molecule has 0 bridgehead atoms. The number of nitrogens with one attached hydrogen (secondary N) is 6. The summed E-state index contributed by atoms with van der Waals surface area (Å²) in [6, 6.07) is 8.04. The first-order valence-electron chi connectivity index (χ1n) is 25.5. The Bertz CT molecular complexity index is 3330. The number of nitrogens with zero attached hydrogens (tertiary/aromatic N) is 4. The fourth-order valence-electron chi connectivity index (χ4n) is 9.34. The van der Waals surface area contributed by atoms with E-state index in [1.165, 1.54) is 78.5 Å². The van der Waals surface area contributed by atoms with Crippen LogP contribution in [0.25, 0.3) is 55.4 Å². The third kappa shape index (κ3) is 13.8. The van der Waals surface area contributed by atoms with Gasteiger partial charge in [-0.05, 0) is 158 Å². The van der Waals surface area contributed by atoms with Crippen molar-refractivity contribution in [3.63, 3.8) is 0 Å². The van der Waals surface area contributed by atoms with E-state index < -0.39 is 18.3 Å². The van der Waals surface area contributed by atoms with E-state index >= 15 is 0 Å². The topological polar surface area (TPSA) is 275 Å². The van der Waals surface area contributed by atoms with Crippen molar-refractivity contribution in [2.45, 2.75) is 162 Å². The Balaban J connectivity index is 0.000000180. The number of rotatable bonds is 9. The molecule has 2 aromatic carbocycles. The van der Waals surface area contributed by atoms with Gasteiger partial charge in [0.1, 0.15) is 11.5 Å². The normalized spacial score (nSPS) is 17.1. The summed E-state index contributed by atoms with van der Waals surface area (Å²) in [5, 5.41) is 32.1. The third-order valence-corrected chi connectivity index (χ3v) is 15.1. The molecular weight excluding hydrogens is 1280 g/mol.